The average molecular weight is 420 g/mol. The molecule has 0 radical (unpaired) electrons. The fourth-order valence-corrected chi connectivity index (χ4v) is 3.55. The first-order valence-corrected chi connectivity index (χ1v) is 9.61. The summed E-state index contributed by atoms with van der Waals surface area (Å²) in [4.78, 5) is 29.1. The Morgan fingerprint density at radius 2 is 1.62 bits per heavy atom. The Hall–Kier alpha value is -2.44. The molecular formula is C22H27ClFN3O2. The zero-order valence-electron chi connectivity index (χ0n) is 16.5. The van der Waals surface area contributed by atoms with Crippen molar-refractivity contribution in [2.24, 2.45) is 11.7 Å². The van der Waals surface area contributed by atoms with Crippen LogP contribution in [0.4, 0.5) is 4.39 Å². The van der Waals surface area contributed by atoms with Gasteiger partial charge in [0.25, 0.3) is 5.91 Å². The third kappa shape index (κ3) is 5.55. The molecule has 5 nitrogen and oxygen atoms in total. The fraction of sp³-hybridized carbons (Fsp3) is 0.364. The average Bonchev–Trinajstić information content (AvgIpc) is 2.98. The van der Waals surface area contributed by atoms with E-state index < -0.39 is 5.82 Å². The van der Waals surface area contributed by atoms with Gasteiger partial charge in [0.05, 0.1) is 5.92 Å². The molecule has 3 rings (SSSR count). The van der Waals surface area contributed by atoms with Crippen LogP contribution in [0.5, 0.6) is 0 Å². The van der Waals surface area contributed by atoms with Gasteiger partial charge in [0.15, 0.2) is 0 Å². The molecule has 1 saturated heterocycles. The summed E-state index contributed by atoms with van der Waals surface area (Å²) < 4.78 is 13.4. The number of hydrogen-bond donors (Lipinski definition) is 1. The van der Waals surface area contributed by atoms with Gasteiger partial charge in [-0.1, -0.05) is 43.3 Å². The van der Waals surface area contributed by atoms with E-state index in [0.717, 1.165) is 5.56 Å². The third-order valence-corrected chi connectivity index (χ3v) is 5.28. The summed E-state index contributed by atoms with van der Waals surface area (Å²) in [5, 5.41) is 0. The lowest BCUT2D eigenvalue weighted by atomic mass is 9.94. The second kappa shape index (κ2) is 10.4. The number of nitrogens with zero attached hydrogens (tertiary/aromatic N) is 2. The molecule has 1 aliphatic heterocycles. The summed E-state index contributed by atoms with van der Waals surface area (Å²) in [6.07, 6.45) is 0.681. The minimum atomic E-state index is -0.429. The third-order valence-electron chi connectivity index (χ3n) is 5.28. The van der Waals surface area contributed by atoms with Crippen molar-refractivity contribution in [3.63, 3.8) is 0 Å². The number of rotatable bonds is 4. The van der Waals surface area contributed by atoms with Crippen molar-refractivity contribution in [1.29, 1.82) is 0 Å². The SMILES string of the molecule is CC(C(=O)N1CCCN(C(=O)c2cccc(F)c2)CC1)C(N)c1ccccc1.Cl. The van der Waals surface area contributed by atoms with Crippen molar-refractivity contribution in [1.82, 2.24) is 9.80 Å². The minimum absolute atomic E-state index is 0. The lowest BCUT2D eigenvalue weighted by molar-refractivity contribution is -0.135. The molecule has 1 fully saturated rings. The Morgan fingerprint density at radius 3 is 2.31 bits per heavy atom. The van der Waals surface area contributed by atoms with Crippen LogP contribution >= 0.6 is 12.4 Å². The summed E-state index contributed by atoms with van der Waals surface area (Å²) >= 11 is 0. The Labute approximate surface area is 177 Å². The van der Waals surface area contributed by atoms with Crippen molar-refractivity contribution in [3.8, 4) is 0 Å². The molecule has 2 N–H and O–H groups in total. The molecule has 2 aromatic carbocycles. The predicted octanol–water partition coefficient (Wildman–Crippen LogP) is 3.26. The van der Waals surface area contributed by atoms with Gasteiger partial charge in [-0.15, -0.1) is 12.4 Å². The highest BCUT2D eigenvalue weighted by Crippen LogP contribution is 2.22. The highest BCUT2D eigenvalue weighted by atomic mass is 35.5. The summed E-state index contributed by atoms with van der Waals surface area (Å²) in [6, 6.07) is 14.9. The van der Waals surface area contributed by atoms with Crippen LogP contribution in [0.1, 0.15) is 35.3 Å². The molecular weight excluding hydrogens is 393 g/mol. The normalized spacial score (nSPS) is 16.4. The summed E-state index contributed by atoms with van der Waals surface area (Å²) in [5.41, 5.74) is 7.57. The first-order chi connectivity index (χ1) is 13.5. The lowest BCUT2D eigenvalue weighted by Crippen LogP contribution is -2.42. The number of halogens is 2. The van der Waals surface area contributed by atoms with Crippen molar-refractivity contribution < 1.29 is 14.0 Å². The number of hydrogen-bond acceptors (Lipinski definition) is 3. The zero-order chi connectivity index (χ0) is 20.1. The van der Waals surface area contributed by atoms with E-state index in [1.54, 1.807) is 15.9 Å². The number of carbonyl (C=O) groups excluding carboxylic acids is 2. The lowest BCUT2D eigenvalue weighted by Gasteiger charge is -2.27. The second-order valence-electron chi connectivity index (χ2n) is 7.21. The van der Waals surface area contributed by atoms with Crippen LogP contribution in [0.25, 0.3) is 0 Å². The van der Waals surface area contributed by atoms with E-state index in [4.69, 9.17) is 5.73 Å². The molecule has 0 aromatic heterocycles. The summed E-state index contributed by atoms with van der Waals surface area (Å²) in [5.74, 6) is -0.992. The summed E-state index contributed by atoms with van der Waals surface area (Å²) in [6.45, 7) is 3.84. The zero-order valence-corrected chi connectivity index (χ0v) is 17.3. The van der Waals surface area contributed by atoms with Crippen molar-refractivity contribution in [2.45, 2.75) is 19.4 Å². The molecule has 29 heavy (non-hydrogen) atoms. The number of benzene rings is 2. The predicted molar refractivity (Wildman–Crippen MR) is 113 cm³/mol. The van der Waals surface area contributed by atoms with Crippen molar-refractivity contribution in [2.75, 3.05) is 26.2 Å². The van der Waals surface area contributed by atoms with Crippen LogP contribution in [-0.4, -0.2) is 47.8 Å². The molecule has 0 spiro atoms. The van der Waals surface area contributed by atoms with Gasteiger partial charge in [-0.05, 0) is 30.2 Å². The van der Waals surface area contributed by atoms with E-state index >= 15 is 0 Å². The first-order valence-electron chi connectivity index (χ1n) is 9.61. The van der Waals surface area contributed by atoms with Crippen molar-refractivity contribution >= 4 is 24.2 Å². The molecule has 7 heteroatoms. The van der Waals surface area contributed by atoms with E-state index in [1.165, 1.54) is 18.2 Å². The molecule has 2 atom stereocenters. The Balaban J connectivity index is 0.00000300. The van der Waals surface area contributed by atoms with Crippen molar-refractivity contribution in [3.05, 3.63) is 71.5 Å². The molecule has 2 unspecified atom stereocenters. The largest absolute Gasteiger partial charge is 0.341 e. The van der Waals surface area contributed by atoms with E-state index in [2.05, 4.69) is 0 Å². The van der Waals surface area contributed by atoms with Gasteiger partial charge >= 0.3 is 0 Å². The van der Waals surface area contributed by atoms with Gasteiger partial charge in [-0.25, -0.2) is 4.39 Å². The van der Waals surface area contributed by atoms with Gasteiger partial charge in [0, 0.05) is 37.8 Å². The Bertz CT molecular complexity index is 834. The smallest absolute Gasteiger partial charge is 0.254 e. The fourth-order valence-electron chi connectivity index (χ4n) is 3.55. The summed E-state index contributed by atoms with van der Waals surface area (Å²) in [7, 11) is 0. The van der Waals surface area contributed by atoms with Crippen LogP contribution in [0.15, 0.2) is 54.6 Å². The standard InChI is InChI=1S/C22H26FN3O2.ClH/c1-16(20(24)17-7-3-2-4-8-17)21(27)25-11-6-12-26(14-13-25)22(28)18-9-5-10-19(23)15-18;/h2-5,7-10,15-16,20H,6,11-14,24H2,1H3;1H. The molecule has 1 heterocycles. The molecule has 156 valence electrons. The highest BCUT2D eigenvalue weighted by Gasteiger charge is 2.29. The van der Waals surface area contributed by atoms with Gasteiger partial charge in [-0.2, -0.15) is 0 Å². The van der Waals surface area contributed by atoms with Gasteiger partial charge in [0.1, 0.15) is 5.82 Å². The highest BCUT2D eigenvalue weighted by molar-refractivity contribution is 5.94. The Morgan fingerprint density at radius 1 is 0.966 bits per heavy atom. The maximum absolute atomic E-state index is 13.4. The minimum Gasteiger partial charge on any atom is -0.341 e. The monoisotopic (exact) mass is 419 g/mol. The van der Waals surface area contributed by atoms with E-state index in [9.17, 15) is 14.0 Å². The van der Waals surface area contributed by atoms with E-state index in [-0.39, 0.29) is 36.2 Å². The maximum atomic E-state index is 13.4. The molecule has 0 saturated carbocycles. The van der Waals surface area contributed by atoms with Crippen LogP contribution in [0.2, 0.25) is 0 Å². The van der Waals surface area contributed by atoms with E-state index in [0.29, 0.717) is 38.2 Å². The quantitative estimate of drug-likeness (QED) is 0.827. The van der Waals surface area contributed by atoms with E-state index in [1.807, 2.05) is 37.3 Å². The van der Waals surface area contributed by atoms with Crippen LogP contribution in [-0.2, 0) is 4.79 Å². The first kappa shape index (κ1) is 22.8. The topological polar surface area (TPSA) is 66.6 Å². The van der Waals surface area contributed by atoms with Gasteiger partial charge < -0.3 is 15.5 Å². The molecule has 0 bridgehead atoms. The molecule has 1 aliphatic rings. The second-order valence-corrected chi connectivity index (χ2v) is 7.21. The van der Waals surface area contributed by atoms with Gasteiger partial charge in [-0.3, -0.25) is 9.59 Å². The maximum Gasteiger partial charge on any atom is 0.254 e. The number of nitrogens with two attached hydrogens (primary N) is 1. The molecule has 0 aliphatic carbocycles. The van der Waals surface area contributed by atoms with Crippen LogP contribution in [0.3, 0.4) is 0 Å². The molecule has 2 aromatic rings. The van der Waals surface area contributed by atoms with Gasteiger partial charge in [0.2, 0.25) is 5.91 Å². The van der Waals surface area contributed by atoms with Crippen LogP contribution < -0.4 is 5.73 Å². The number of amides is 2. The van der Waals surface area contributed by atoms with Crippen LogP contribution in [0, 0.1) is 11.7 Å². The number of carbonyl (C=O) groups is 2. The Kier molecular flexibility index (Phi) is 8.17. The molecule has 2 amide bonds.